The first-order chi connectivity index (χ1) is 8.55. The van der Waals surface area contributed by atoms with Gasteiger partial charge < -0.3 is 14.5 Å². The van der Waals surface area contributed by atoms with Crippen molar-refractivity contribution in [2.75, 3.05) is 6.61 Å². The fourth-order valence-corrected chi connectivity index (χ4v) is 1.93. The summed E-state index contributed by atoms with van der Waals surface area (Å²) in [5.74, 6) is -0.493. The van der Waals surface area contributed by atoms with Gasteiger partial charge in [-0.15, -0.1) is 0 Å². The maximum Gasteiger partial charge on any atom is 0.338 e. The maximum atomic E-state index is 11.8. The van der Waals surface area contributed by atoms with Gasteiger partial charge >= 0.3 is 7.60 Å². The zero-order valence-corrected chi connectivity index (χ0v) is 12.7. The summed E-state index contributed by atoms with van der Waals surface area (Å²) in [5.41, 5.74) is 0. The summed E-state index contributed by atoms with van der Waals surface area (Å²) in [6, 6.07) is 4.45. The highest BCUT2D eigenvalue weighted by atomic mass is 35.5. The number of carbonyl (C=O) groups excluding carboxylic acids is 1. The van der Waals surface area contributed by atoms with Gasteiger partial charge in [-0.25, -0.2) is 0 Å². The Kier molecular flexibility index (Phi) is 5.04. The summed E-state index contributed by atoms with van der Waals surface area (Å²) in [6.45, 7) is 1.85. The highest BCUT2D eigenvalue weighted by molar-refractivity contribution is 7.54. The van der Waals surface area contributed by atoms with Gasteiger partial charge in [0.1, 0.15) is 17.5 Å². The number of benzene rings is 1. The maximum absolute atomic E-state index is 11.8. The Balaban J connectivity index is 2.77. The third kappa shape index (κ3) is 3.94. The highest BCUT2D eigenvalue weighted by Gasteiger charge is 2.44. The molecule has 0 aliphatic heterocycles. The lowest BCUT2D eigenvalue weighted by Gasteiger charge is -2.24. The highest BCUT2D eigenvalue weighted by Crippen LogP contribution is 2.50. The van der Waals surface area contributed by atoms with Gasteiger partial charge in [-0.3, -0.25) is 9.36 Å². The molecule has 0 aromatic heterocycles. The van der Waals surface area contributed by atoms with Crippen molar-refractivity contribution in [3.8, 4) is 5.75 Å². The van der Waals surface area contributed by atoms with Crippen molar-refractivity contribution in [2.24, 2.45) is 0 Å². The van der Waals surface area contributed by atoms with Crippen molar-refractivity contribution in [3.63, 3.8) is 0 Å². The van der Waals surface area contributed by atoms with E-state index in [2.05, 4.69) is 0 Å². The third-order valence-corrected chi connectivity index (χ3v) is 4.90. The monoisotopic (exact) mass is 326 g/mol. The second kappa shape index (κ2) is 5.81. The number of halogens is 2. The number of ether oxygens (including phenoxy) is 1. The van der Waals surface area contributed by atoms with Crippen molar-refractivity contribution in [2.45, 2.75) is 19.0 Å². The van der Waals surface area contributed by atoms with Crippen molar-refractivity contribution in [1.82, 2.24) is 0 Å². The smallest absolute Gasteiger partial charge is 0.338 e. The molecule has 0 saturated heterocycles. The van der Waals surface area contributed by atoms with Gasteiger partial charge in [0.25, 0.3) is 0 Å². The summed E-state index contributed by atoms with van der Waals surface area (Å²) in [4.78, 5) is 30.0. The van der Waals surface area contributed by atoms with Crippen LogP contribution in [0.25, 0.3) is 0 Å². The van der Waals surface area contributed by atoms with Crippen LogP contribution in [-0.4, -0.2) is 27.3 Å². The topological polar surface area (TPSA) is 83.8 Å². The van der Waals surface area contributed by atoms with E-state index in [4.69, 9.17) is 37.7 Å². The van der Waals surface area contributed by atoms with Gasteiger partial charge in [-0.1, -0.05) is 23.2 Å². The Hall–Kier alpha value is -0.580. The zero-order valence-electron chi connectivity index (χ0n) is 10.3. The first-order valence-corrected chi connectivity index (χ1v) is 7.59. The molecule has 0 aliphatic carbocycles. The molecule has 1 aromatic rings. The average molecular weight is 327 g/mol. The minimum atomic E-state index is -4.55. The summed E-state index contributed by atoms with van der Waals surface area (Å²) >= 11 is 11.5. The molecule has 0 spiro atoms. The van der Waals surface area contributed by atoms with Crippen LogP contribution in [0.5, 0.6) is 5.75 Å². The van der Waals surface area contributed by atoms with Gasteiger partial charge in [-0.2, -0.15) is 0 Å². The normalized spacial score (nSPS) is 12.3. The quantitative estimate of drug-likeness (QED) is 0.813. The van der Waals surface area contributed by atoms with Crippen molar-refractivity contribution in [1.29, 1.82) is 0 Å². The Labute approximate surface area is 120 Å². The Morgan fingerprint density at radius 2 is 1.95 bits per heavy atom. The molecule has 0 aliphatic rings. The first kappa shape index (κ1) is 16.5. The van der Waals surface area contributed by atoms with E-state index in [-0.39, 0.29) is 10.8 Å². The standard InChI is InChI=1S/C11H13Cl2O5P/c1-11(2,19(15,16)17)10(14)6-18-9-4-3-7(12)5-8(9)13/h3-5H,6H2,1-2H3,(H2,15,16,17). The molecule has 2 N–H and O–H groups in total. The van der Waals surface area contributed by atoms with E-state index in [9.17, 15) is 9.36 Å². The van der Waals surface area contributed by atoms with Crippen molar-refractivity contribution < 1.29 is 23.9 Å². The molecule has 0 saturated carbocycles. The first-order valence-electron chi connectivity index (χ1n) is 5.22. The van der Waals surface area contributed by atoms with Crippen LogP contribution in [0.3, 0.4) is 0 Å². The predicted octanol–water partition coefficient (Wildman–Crippen LogP) is 2.90. The van der Waals surface area contributed by atoms with E-state index in [0.29, 0.717) is 5.02 Å². The van der Waals surface area contributed by atoms with Crippen LogP contribution in [0.2, 0.25) is 10.0 Å². The molecule has 0 unspecified atom stereocenters. The largest absolute Gasteiger partial charge is 0.484 e. The molecule has 0 heterocycles. The lowest BCUT2D eigenvalue weighted by molar-refractivity contribution is -0.123. The van der Waals surface area contributed by atoms with E-state index in [1.807, 2.05) is 0 Å². The number of ketones is 1. The molecule has 19 heavy (non-hydrogen) atoms. The zero-order chi connectivity index (χ0) is 14.8. The van der Waals surface area contributed by atoms with E-state index < -0.39 is 25.1 Å². The Morgan fingerprint density at radius 1 is 1.37 bits per heavy atom. The molecular formula is C11H13Cl2O5P. The predicted molar refractivity (Wildman–Crippen MR) is 73.1 cm³/mol. The fraction of sp³-hybridized carbons (Fsp3) is 0.364. The van der Waals surface area contributed by atoms with Crippen molar-refractivity contribution >= 4 is 36.6 Å². The minimum absolute atomic E-state index is 0.217. The van der Waals surface area contributed by atoms with Gasteiger partial charge in [0.05, 0.1) is 5.02 Å². The van der Waals surface area contributed by atoms with Gasteiger partial charge in [-0.05, 0) is 32.0 Å². The molecule has 106 valence electrons. The molecule has 0 bridgehead atoms. The van der Waals surface area contributed by atoms with E-state index in [1.165, 1.54) is 32.0 Å². The molecule has 0 amide bonds. The number of rotatable bonds is 5. The Morgan fingerprint density at radius 3 is 2.42 bits per heavy atom. The van der Waals surface area contributed by atoms with Crippen LogP contribution in [0.1, 0.15) is 13.8 Å². The van der Waals surface area contributed by atoms with Crippen LogP contribution in [0, 0.1) is 0 Å². The third-order valence-electron chi connectivity index (χ3n) is 2.66. The second-order valence-corrected chi connectivity index (χ2v) is 7.44. The van der Waals surface area contributed by atoms with Crippen LogP contribution in [-0.2, 0) is 9.36 Å². The van der Waals surface area contributed by atoms with E-state index in [0.717, 1.165) is 0 Å². The van der Waals surface area contributed by atoms with Gasteiger partial charge in [0.2, 0.25) is 0 Å². The number of hydrogen-bond donors (Lipinski definition) is 2. The van der Waals surface area contributed by atoms with Gasteiger partial charge in [0, 0.05) is 5.02 Å². The van der Waals surface area contributed by atoms with E-state index >= 15 is 0 Å². The van der Waals surface area contributed by atoms with Crippen LogP contribution in [0.15, 0.2) is 18.2 Å². The molecule has 8 heteroatoms. The SMILES string of the molecule is CC(C)(C(=O)COc1ccc(Cl)cc1Cl)P(=O)(O)O. The van der Waals surface area contributed by atoms with Crippen LogP contribution < -0.4 is 4.74 Å². The lowest BCUT2D eigenvalue weighted by atomic mass is 10.1. The number of hydrogen-bond acceptors (Lipinski definition) is 3. The summed E-state index contributed by atoms with van der Waals surface area (Å²) in [6.07, 6.45) is 0. The minimum Gasteiger partial charge on any atom is -0.484 e. The molecule has 1 aromatic carbocycles. The average Bonchev–Trinajstić information content (AvgIpc) is 2.25. The van der Waals surface area contributed by atoms with Gasteiger partial charge in [0.15, 0.2) is 5.78 Å². The van der Waals surface area contributed by atoms with Crippen LogP contribution >= 0.6 is 30.8 Å². The molecule has 0 atom stereocenters. The van der Waals surface area contributed by atoms with Crippen molar-refractivity contribution in [3.05, 3.63) is 28.2 Å². The summed E-state index contributed by atoms with van der Waals surface area (Å²) in [7, 11) is -4.55. The molecule has 1 rings (SSSR count). The summed E-state index contributed by atoms with van der Waals surface area (Å²) < 4.78 is 16.3. The molecular weight excluding hydrogens is 314 g/mol. The molecule has 5 nitrogen and oxygen atoms in total. The Bertz CT molecular complexity index is 538. The van der Waals surface area contributed by atoms with Crippen LogP contribution in [0.4, 0.5) is 0 Å². The molecule has 0 fully saturated rings. The second-order valence-electron chi connectivity index (χ2n) is 4.39. The number of carbonyl (C=O) groups is 1. The lowest BCUT2D eigenvalue weighted by Crippen LogP contribution is -2.35. The van der Waals surface area contributed by atoms with E-state index in [1.54, 1.807) is 0 Å². The molecule has 0 radical (unpaired) electrons. The number of Topliss-reactive ketones (excluding diaryl/α,β-unsaturated/α-hetero) is 1. The summed E-state index contributed by atoms with van der Waals surface area (Å²) in [5, 5.41) is -1.17. The fourth-order valence-electron chi connectivity index (χ4n) is 1.07.